The monoisotopic (exact) mass is 219 g/mol. The topological polar surface area (TPSA) is 42.1 Å². The number of alkyl halides is 3. The molecule has 84 valence electrons. The standard InChI is InChI=1S/C9H12F3N3/c1-15(5-3-13)8-6-7(2-4-14-8)9(10,11)12/h2,4,6H,3,5,13H2,1H3. The molecule has 0 unspecified atom stereocenters. The van der Waals surface area contributed by atoms with Gasteiger partial charge in [0.05, 0.1) is 5.56 Å². The van der Waals surface area contributed by atoms with Gasteiger partial charge in [-0.2, -0.15) is 13.2 Å². The summed E-state index contributed by atoms with van der Waals surface area (Å²) in [5.41, 5.74) is 4.60. The van der Waals surface area contributed by atoms with Crippen molar-refractivity contribution in [2.75, 3.05) is 25.0 Å². The van der Waals surface area contributed by atoms with Gasteiger partial charge in [-0.15, -0.1) is 0 Å². The number of hydrogen-bond acceptors (Lipinski definition) is 3. The van der Waals surface area contributed by atoms with E-state index in [1.165, 1.54) is 0 Å². The Kier molecular flexibility index (Phi) is 3.52. The largest absolute Gasteiger partial charge is 0.416 e. The molecule has 1 heterocycles. The van der Waals surface area contributed by atoms with Crippen LogP contribution >= 0.6 is 0 Å². The van der Waals surface area contributed by atoms with Crippen LogP contribution in [0.4, 0.5) is 19.0 Å². The second kappa shape index (κ2) is 4.48. The van der Waals surface area contributed by atoms with Gasteiger partial charge >= 0.3 is 6.18 Å². The van der Waals surface area contributed by atoms with Gasteiger partial charge in [-0.1, -0.05) is 0 Å². The first-order valence-electron chi connectivity index (χ1n) is 4.39. The summed E-state index contributed by atoms with van der Waals surface area (Å²) in [6.45, 7) is 0.836. The van der Waals surface area contributed by atoms with E-state index in [0.717, 1.165) is 18.3 Å². The molecule has 1 aromatic rings. The van der Waals surface area contributed by atoms with Crippen LogP contribution in [0.3, 0.4) is 0 Å². The summed E-state index contributed by atoms with van der Waals surface area (Å²) in [6.07, 6.45) is -3.19. The van der Waals surface area contributed by atoms with Crippen molar-refractivity contribution in [3.63, 3.8) is 0 Å². The average molecular weight is 219 g/mol. The van der Waals surface area contributed by atoms with Crippen LogP contribution in [-0.2, 0) is 6.18 Å². The number of nitrogens with two attached hydrogens (primary N) is 1. The Morgan fingerprint density at radius 1 is 1.47 bits per heavy atom. The molecule has 0 aliphatic heterocycles. The minimum absolute atomic E-state index is 0.273. The Labute approximate surface area is 85.7 Å². The summed E-state index contributed by atoms with van der Waals surface area (Å²) >= 11 is 0. The molecule has 3 nitrogen and oxygen atoms in total. The number of rotatable bonds is 3. The van der Waals surface area contributed by atoms with E-state index >= 15 is 0 Å². The molecule has 0 amide bonds. The molecule has 0 radical (unpaired) electrons. The molecule has 0 saturated carbocycles. The number of aromatic nitrogens is 1. The fourth-order valence-corrected chi connectivity index (χ4v) is 1.11. The van der Waals surface area contributed by atoms with Gasteiger partial charge in [0.2, 0.25) is 0 Å². The van der Waals surface area contributed by atoms with Gasteiger partial charge in [-0.05, 0) is 12.1 Å². The number of halogens is 3. The summed E-state index contributed by atoms with van der Waals surface area (Å²) in [4.78, 5) is 5.42. The van der Waals surface area contributed by atoms with Crippen LogP contribution < -0.4 is 10.6 Å². The molecule has 0 fully saturated rings. The lowest BCUT2D eigenvalue weighted by Gasteiger charge is -2.18. The molecule has 0 aliphatic rings. The SMILES string of the molecule is CN(CCN)c1cc(C(F)(F)F)ccn1. The van der Waals surface area contributed by atoms with Gasteiger partial charge < -0.3 is 10.6 Å². The van der Waals surface area contributed by atoms with Crippen LogP contribution in [0.2, 0.25) is 0 Å². The number of hydrogen-bond donors (Lipinski definition) is 1. The van der Waals surface area contributed by atoms with Crippen LogP contribution in [0.25, 0.3) is 0 Å². The van der Waals surface area contributed by atoms with Crippen LogP contribution in [-0.4, -0.2) is 25.1 Å². The Hall–Kier alpha value is -1.30. The van der Waals surface area contributed by atoms with Crippen molar-refractivity contribution in [1.82, 2.24) is 4.98 Å². The molecule has 0 bridgehead atoms. The van der Waals surface area contributed by atoms with Crippen molar-refractivity contribution in [3.8, 4) is 0 Å². The van der Waals surface area contributed by atoms with Crippen molar-refractivity contribution in [1.29, 1.82) is 0 Å². The first-order valence-corrected chi connectivity index (χ1v) is 4.39. The summed E-state index contributed by atoms with van der Waals surface area (Å²) < 4.78 is 37.0. The third-order valence-electron chi connectivity index (χ3n) is 1.93. The number of anilines is 1. The predicted octanol–water partition coefficient (Wildman–Crippen LogP) is 1.50. The lowest BCUT2D eigenvalue weighted by molar-refractivity contribution is -0.137. The van der Waals surface area contributed by atoms with E-state index < -0.39 is 11.7 Å². The van der Waals surface area contributed by atoms with E-state index in [4.69, 9.17) is 5.73 Å². The highest BCUT2D eigenvalue weighted by Gasteiger charge is 2.30. The molecule has 0 spiro atoms. The van der Waals surface area contributed by atoms with Gasteiger partial charge in [0.15, 0.2) is 0 Å². The second-order valence-electron chi connectivity index (χ2n) is 3.11. The molecule has 2 N–H and O–H groups in total. The Bertz CT molecular complexity index is 325. The van der Waals surface area contributed by atoms with E-state index in [-0.39, 0.29) is 5.82 Å². The van der Waals surface area contributed by atoms with Gasteiger partial charge in [-0.25, -0.2) is 4.98 Å². The summed E-state index contributed by atoms with van der Waals surface area (Å²) in [7, 11) is 1.65. The van der Waals surface area contributed by atoms with Crippen LogP contribution in [0.1, 0.15) is 5.56 Å². The zero-order valence-electron chi connectivity index (χ0n) is 8.25. The maximum absolute atomic E-state index is 12.3. The van der Waals surface area contributed by atoms with Crippen molar-refractivity contribution in [2.45, 2.75) is 6.18 Å². The maximum Gasteiger partial charge on any atom is 0.416 e. The molecular formula is C9H12F3N3. The number of pyridine rings is 1. The van der Waals surface area contributed by atoms with Gasteiger partial charge in [0.25, 0.3) is 0 Å². The predicted molar refractivity (Wildman–Crippen MR) is 51.6 cm³/mol. The normalized spacial score (nSPS) is 11.5. The lowest BCUT2D eigenvalue weighted by atomic mass is 10.2. The smallest absolute Gasteiger partial charge is 0.358 e. The zero-order valence-corrected chi connectivity index (χ0v) is 8.25. The quantitative estimate of drug-likeness (QED) is 0.837. The van der Waals surface area contributed by atoms with E-state index in [2.05, 4.69) is 4.98 Å². The molecule has 0 aromatic carbocycles. The Morgan fingerprint density at radius 3 is 2.67 bits per heavy atom. The number of likely N-dealkylation sites (N-methyl/N-ethyl adjacent to an activating group) is 1. The van der Waals surface area contributed by atoms with E-state index in [9.17, 15) is 13.2 Å². The fourth-order valence-electron chi connectivity index (χ4n) is 1.11. The molecule has 15 heavy (non-hydrogen) atoms. The van der Waals surface area contributed by atoms with Crippen molar-refractivity contribution in [3.05, 3.63) is 23.9 Å². The van der Waals surface area contributed by atoms with Crippen LogP contribution in [0.15, 0.2) is 18.3 Å². The van der Waals surface area contributed by atoms with E-state index in [0.29, 0.717) is 13.1 Å². The Morgan fingerprint density at radius 2 is 2.13 bits per heavy atom. The molecule has 0 atom stereocenters. The third-order valence-corrected chi connectivity index (χ3v) is 1.93. The highest BCUT2D eigenvalue weighted by Crippen LogP contribution is 2.30. The van der Waals surface area contributed by atoms with E-state index in [1.807, 2.05) is 0 Å². The maximum atomic E-state index is 12.3. The molecule has 1 aromatic heterocycles. The van der Waals surface area contributed by atoms with Gasteiger partial charge in [0, 0.05) is 26.3 Å². The van der Waals surface area contributed by atoms with Crippen molar-refractivity contribution >= 4 is 5.82 Å². The van der Waals surface area contributed by atoms with Crippen LogP contribution in [0, 0.1) is 0 Å². The third kappa shape index (κ3) is 3.09. The van der Waals surface area contributed by atoms with Crippen LogP contribution in [0.5, 0.6) is 0 Å². The first kappa shape index (κ1) is 11.8. The summed E-state index contributed by atoms with van der Waals surface area (Å²) in [6, 6.07) is 1.95. The highest BCUT2D eigenvalue weighted by molar-refractivity contribution is 5.40. The zero-order chi connectivity index (χ0) is 11.5. The minimum Gasteiger partial charge on any atom is -0.358 e. The summed E-state index contributed by atoms with van der Waals surface area (Å²) in [5.74, 6) is 0.273. The van der Waals surface area contributed by atoms with Crippen molar-refractivity contribution in [2.24, 2.45) is 5.73 Å². The molecule has 1 rings (SSSR count). The molecular weight excluding hydrogens is 207 g/mol. The second-order valence-corrected chi connectivity index (χ2v) is 3.11. The average Bonchev–Trinajstić information content (AvgIpc) is 2.17. The van der Waals surface area contributed by atoms with Crippen molar-refractivity contribution < 1.29 is 13.2 Å². The fraction of sp³-hybridized carbons (Fsp3) is 0.444. The molecule has 0 aliphatic carbocycles. The highest BCUT2D eigenvalue weighted by atomic mass is 19.4. The minimum atomic E-state index is -4.33. The van der Waals surface area contributed by atoms with E-state index in [1.54, 1.807) is 11.9 Å². The van der Waals surface area contributed by atoms with Gasteiger partial charge in [0.1, 0.15) is 5.82 Å². The lowest BCUT2D eigenvalue weighted by Crippen LogP contribution is -2.26. The Balaban J connectivity index is 2.92. The molecule has 0 saturated heterocycles. The summed E-state index contributed by atoms with van der Waals surface area (Å²) in [5, 5.41) is 0. The number of nitrogens with zero attached hydrogens (tertiary/aromatic N) is 2. The van der Waals surface area contributed by atoms with Gasteiger partial charge in [-0.3, -0.25) is 0 Å². The molecule has 6 heteroatoms. The first-order chi connectivity index (χ1) is 6.95.